The molecule has 0 heterocycles. The number of aliphatic hydroxyl groups is 1. The topological polar surface area (TPSA) is 61.7 Å². The number of benzene rings is 1. The number of hydrogen-bond acceptors (Lipinski definition) is 3. The van der Waals surface area contributed by atoms with Gasteiger partial charge < -0.3 is 5.11 Å². The highest BCUT2D eigenvalue weighted by Gasteiger charge is 2.15. The molecule has 1 amide bonds. The van der Waals surface area contributed by atoms with Crippen LogP contribution in [-0.4, -0.2) is 16.7 Å². The highest BCUT2D eigenvalue weighted by Crippen LogP contribution is 2.11. The number of hydrogen-bond donors (Lipinski definition) is 2. The Hall–Kier alpha value is -1.68. The van der Waals surface area contributed by atoms with Crippen LogP contribution in [0.2, 0.25) is 0 Å². The largest absolute Gasteiger partial charge is 0.378 e. The second kappa shape index (κ2) is 6.02. The molecule has 0 saturated carbocycles. The summed E-state index contributed by atoms with van der Waals surface area (Å²) in [6.07, 6.45) is -0.406. The number of carbonyl (C=O) groups excluding carboxylic acids is 1. The molecule has 4 heteroatoms. The van der Waals surface area contributed by atoms with Crippen molar-refractivity contribution in [1.82, 2.24) is 5.43 Å². The fourth-order valence-electron chi connectivity index (χ4n) is 1.08. The maximum Gasteiger partial charge on any atom is 0.273 e. The molecule has 0 aromatic heterocycles. The summed E-state index contributed by atoms with van der Waals surface area (Å²) in [5.74, 6) is -0.515. The zero-order valence-electron chi connectivity index (χ0n) is 9.47. The summed E-state index contributed by atoms with van der Waals surface area (Å²) < 4.78 is 0. The van der Waals surface area contributed by atoms with Gasteiger partial charge in [-0.25, -0.2) is 5.43 Å². The molecule has 1 unspecified atom stereocenters. The van der Waals surface area contributed by atoms with Gasteiger partial charge in [0.05, 0.1) is 0 Å². The van der Waals surface area contributed by atoms with E-state index in [1.807, 2.05) is 19.9 Å². The number of carbonyl (C=O) groups is 1. The van der Waals surface area contributed by atoms with E-state index in [-0.39, 0.29) is 0 Å². The van der Waals surface area contributed by atoms with Crippen LogP contribution in [0.1, 0.15) is 31.9 Å². The minimum Gasteiger partial charge on any atom is -0.378 e. The van der Waals surface area contributed by atoms with Gasteiger partial charge in [0.15, 0.2) is 6.10 Å². The normalized spacial score (nSPS) is 13.3. The fraction of sp³-hybridized carbons (Fsp3) is 0.333. The SMILES string of the molecule is CCC(C)=NNC(=O)C(O)c1ccccc1. The molecule has 0 radical (unpaired) electrons. The average molecular weight is 220 g/mol. The van der Waals surface area contributed by atoms with Gasteiger partial charge in [-0.1, -0.05) is 37.3 Å². The third kappa shape index (κ3) is 3.47. The quantitative estimate of drug-likeness (QED) is 0.598. The summed E-state index contributed by atoms with van der Waals surface area (Å²) in [4.78, 5) is 11.5. The lowest BCUT2D eigenvalue weighted by Gasteiger charge is -2.08. The van der Waals surface area contributed by atoms with Crippen LogP contribution < -0.4 is 5.43 Å². The van der Waals surface area contributed by atoms with Gasteiger partial charge in [0.25, 0.3) is 5.91 Å². The predicted molar refractivity (Wildman–Crippen MR) is 62.9 cm³/mol. The van der Waals surface area contributed by atoms with E-state index < -0.39 is 12.0 Å². The van der Waals surface area contributed by atoms with Crippen molar-refractivity contribution >= 4 is 11.6 Å². The molecule has 4 nitrogen and oxygen atoms in total. The summed E-state index contributed by atoms with van der Waals surface area (Å²) in [5.41, 5.74) is 3.70. The molecule has 2 N–H and O–H groups in total. The van der Waals surface area contributed by atoms with Gasteiger partial charge in [-0.3, -0.25) is 4.79 Å². The molecular formula is C12H16N2O2. The van der Waals surface area contributed by atoms with Crippen molar-refractivity contribution in [1.29, 1.82) is 0 Å². The van der Waals surface area contributed by atoms with Crippen LogP contribution in [0, 0.1) is 0 Å². The molecule has 0 spiro atoms. The molecule has 0 saturated heterocycles. The molecule has 0 aliphatic rings. The fourth-order valence-corrected chi connectivity index (χ4v) is 1.08. The molecule has 1 rings (SSSR count). The summed E-state index contributed by atoms with van der Waals surface area (Å²) in [6, 6.07) is 8.76. The van der Waals surface area contributed by atoms with E-state index in [2.05, 4.69) is 10.5 Å². The van der Waals surface area contributed by atoms with Gasteiger partial charge in [-0.15, -0.1) is 0 Å². The van der Waals surface area contributed by atoms with E-state index in [1.54, 1.807) is 24.3 Å². The summed E-state index contributed by atoms with van der Waals surface area (Å²) >= 11 is 0. The molecule has 0 bridgehead atoms. The van der Waals surface area contributed by atoms with Gasteiger partial charge in [-0.05, 0) is 18.9 Å². The molecule has 1 aromatic rings. The van der Waals surface area contributed by atoms with Crippen molar-refractivity contribution in [3.8, 4) is 0 Å². The van der Waals surface area contributed by atoms with Crippen molar-refractivity contribution in [2.24, 2.45) is 5.10 Å². The maximum atomic E-state index is 11.5. The number of hydrazone groups is 1. The van der Waals surface area contributed by atoms with Crippen LogP contribution in [0.15, 0.2) is 35.4 Å². The van der Waals surface area contributed by atoms with Crippen molar-refractivity contribution in [2.45, 2.75) is 26.4 Å². The van der Waals surface area contributed by atoms with E-state index in [1.165, 1.54) is 0 Å². The van der Waals surface area contributed by atoms with Crippen LogP contribution >= 0.6 is 0 Å². The molecule has 1 aromatic carbocycles. The zero-order chi connectivity index (χ0) is 12.0. The minimum atomic E-state index is -1.17. The van der Waals surface area contributed by atoms with E-state index in [0.29, 0.717) is 5.56 Å². The summed E-state index contributed by atoms with van der Waals surface area (Å²) in [7, 11) is 0. The van der Waals surface area contributed by atoms with Gasteiger partial charge in [0.2, 0.25) is 0 Å². The predicted octanol–water partition coefficient (Wildman–Crippen LogP) is 1.62. The van der Waals surface area contributed by atoms with Gasteiger partial charge in [0, 0.05) is 5.71 Å². The Morgan fingerprint density at radius 2 is 2.06 bits per heavy atom. The molecule has 0 aliphatic carbocycles. The van der Waals surface area contributed by atoms with Crippen molar-refractivity contribution in [3.05, 3.63) is 35.9 Å². The third-order valence-electron chi connectivity index (χ3n) is 2.23. The van der Waals surface area contributed by atoms with Crippen LogP contribution in [0.25, 0.3) is 0 Å². The summed E-state index contributed by atoms with van der Waals surface area (Å²) in [5, 5.41) is 13.5. The van der Waals surface area contributed by atoms with Gasteiger partial charge >= 0.3 is 0 Å². The zero-order valence-corrected chi connectivity index (χ0v) is 9.47. The van der Waals surface area contributed by atoms with Crippen molar-refractivity contribution in [2.75, 3.05) is 0 Å². The van der Waals surface area contributed by atoms with Crippen LogP contribution in [0.5, 0.6) is 0 Å². The first-order valence-electron chi connectivity index (χ1n) is 5.21. The lowest BCUT2D eigenvalue weighted by molar-refractivity contribution is -0.129. The second-order valence-electron chi connectivity index (χ2n) is 3.49. The number of nitrogens with zero attached hydrogens (tertiary/aromatic N) is 1. The van der Waals surface area contributed by atoms with Crippen molar-refractivity contribution < 1.29 is 9.90 Å². The Kier molecular flexibility index (Phi) is 4.66. The smallest absolute Gasteiger partial charge is 0.273 e. The Labute approximate surface area is 95.0 Å². The molecule has 0 fully saturated rings. The monoisotopic (exact) mass is 220 g/mol. The lowest BCUT2D eigenvalue weighted by atomic mass is 10.1. The van der Waals surface area contributed by atoms with E-state index >= 15 is 0 Å². The Bertz CT molecular complexity index is 374. The molecule has 0 aliphatic heterocycles. The van der Waals surface area contributed by atoms with E-state index in [0.717, 1.165) is 12.1 Å². The Balaban J connectivity index is 2.62. The van der Waals surface area contributed by atoms with Crippen LogP contribution in [-0.2, 0) is 4.79 Å². The second-order valence-corrected chi connectivity index (χ2v) is 3.49. The first kappa shape index (κ1) is 12.4. The van der Waals surface area contributed by atoms with Gasteiger partial charge in [0.1, 0.15) is 0 Å². The average Bonchev–Trinajstić information content (AvgIpc) is 2.35. The number of nitrogens with one attached hydrogen (secondary N) is 1. The van der Waals surface area contributed by atoms with Gasteiger partial charge in [-0.2, -0.15) is 5.10 Å². The Morgan fingerprint density at radius 1 is 1.44 bits per heavy atom. The highest BCUT2D eigenvalue weighted by molar-refractivity contribution is 5.86. The Morgan fingerprint density at radius 3 is 2.62 bits per heavy atom. The molecule has 86 valence electrons. The number of rotatable bonds is 4. The molecular weight excluding hydrogens is 204 g/mol. The van der Waals surface area contributed by atoms with Crippen LogP contribution in [0.4, 0.5) is 0 Å². The maximum absolute atomic E-state index is 11.5. The van der Waals surface area contributed by atoms with E-state index in [4.69, 9.17) is 0 Å². The number of aliphatic hydroxyl groups excluding tert-OH is 1. The number of amides is 1. The first-order valence-corrected chi connectivity index (χ1v) is 5.21. The highest BCUT2D eigenvalue weighted by atomic mass is 16.3. The van der Waals surface area contributed by atoms with Crippen molar-refractivity contribution in [3.63, 3.8) is 0 Å². The molecule has 16 heavy (non-hydrogen) atoms. The van der Waals surface area contributed by atoms with Crippen LogP contribution in [0.3, 0.4) is 0 Å². The molecule has 1 atom stereocenters. The summed E-state index contributed by atoms with van der Waals surface area (Å²) in [6.45, 7) is 3.76. The minimum absolute atomic E-state index is 0.515. The first-order chi connectivity index (χ1) is 7.65. The third-order valence-corrected chi connectivity index (χ3v) is 2.23. The standard InChI is InChI=1S/C12H16N2O2/c1-3-9(2)13-14-12(16)11(15)10-7-5-4-6-8-10/h4-8,11,15H,3H2,1-2H3,(H,14,16). The lowest BCUT2D eigenvalue weighted by Crippen LogP contribution is -2.25. The van der Waals surface area contributed by atoms with E-state index in [9.17, 15) is 9.90 Å².